The van der Waals surface area contributed by atoms with Gasteiger partial charge in [0.1, 0.15) is 10.0 Å². The Kier molecular flexibility index (Phi) is 5.06. The zero-order chi connectivity index (χ0) is 9.68. The van der Waals surface area contributed by atoms with Gasteiger partial charge in [0, 0.05) is 17.3 Å². The normalized spacial score (nSPS) is 13.2. The van der Waals surface area contributed by atoms with Crippen molar-refractivity contribution in [1.82, 2.24) is 9.59 Å². The van der Waals surface area contributed by atoms with E-state index in [-0.39, 0.29) is 0 Å². The van der Waals surface area contributed by atoms with Gasteiger partial charge in [-0.2, -0.15) is 11.8 Å². The summed E-state index contributed by atoms with van der Waals surface area (Å²) in [7, 11) is 0. The van der Waals surface area contributed by atoms with Crippen molar-refractivity contribution in [3.63, 3.8) is 0 Å². The molecule has 13 heavy (non-hydrogen) atoms. The van der Waals surface area contributed by atoms with Gasteiger partial charge in [-0.25, -0.2) is 0 Å². The number of thioether (sulfide) groups is 1. The Morgan fingerprint density at radius 3 is 2.92 bits per heavy atom. The van der Waals surface area contributed by atoms with Gasteiger partial charge in [0.15, 0.2) is 0 Å². The molecule has 0 saturated carbocycles. The summed E-state index contributed by atoms with van der Waals surface area (Å²) in [4.78, 5) is 0. The monoisotopic (exact) mass is 236 g/mol. The molecule has 0 N–H and O–H groups in total. The Balaban J connectivity index is 2.24. The van der Waals surface area contributed by atoms with Crippen LogP contribution in [0.2, 0.25) is 4.34 Å². The first-order valence-electron chi connectivity index (χ1n) is 4.28. The first-order valence-corrected chi connectivity index (χ1v) is 6.59. The van der Waals surface area contributed by atoms with E-state index in [2.05, 4.69) is 23.4 Å². The van der Waals surface area contributed by atoms with Gasteiger partial charge in [0.2, 0.25) is 0 Å². The number of nitrogens with zero attached hydrogens (tertiary/aromatic N) is 2. The molecule has 0 radical (unpaired) electrons. The highest BCUT2D eigenvalue weighted by molar-refractivity contribution is 7.98. The first-order chi connectivity index (χ1) is 6.24. The Morgan fingerprint density at radius 1 is 1.62 bits per heavy atom. The van der Waals surface area contributed by atoms with Crippen LogP contribution in [0.1, 0.15) is 26.0 Å². The van der Waals surface area contributed by atoms with Crippen LogP contribution in [0.15, 0.2) is 0 Å². The van der Waals surface area contributed by atoms with Gasteiger partial charge in [-0.15, -0.1) is 5.10 Å². The van der Waals surface area contributed by atoms with Gasteiger partial charge >= 0.3 is 0 Å². The lowest BCUT2D eigenvalue weighted by Gasteiger charge is -2.05. The van der Waals surface area contributed by atoms with Gasteiger partial charge in [0.05, 0.1) is 0 Å². The topological polar surface area (TPSA) is 25.8 Å². The van der Waals surface area contributed by atoms with E-state index >= 15 is 0 Å². The third-order valence-corrected chi connectivity index (χ3v) is 4.11. The maximum Gasteiger partial charge on any atom is 0.138 e. The van der Waals surface area contributed by atoms with Crippen LogP contribution >= 0.6 is 34.9 Å². The molecule has 0 aliphatic rings. The van der Waals surface area contributed by atoms with E-state index in [4.69, 9.17) is 11.6 Å². The highest BCUT2D eigenvalue weighted by atomic mass is 35.5. The SMILES string of the molecule is CCC(C)CSCc1nnsc1Cl. The van der Waals surface area contributed by atoms with E-state index in [1.807, 2.05) is 11.8 Å². The van der Waals surface area contributed by atoms with Crippen molar-refractivity contribution in [3.8, 4) is 0 Å². The molecule has 1 aromatic rings. The molecule has 0 spiro atoms. The summed E-state index contributed by atoms with van der Waals surface area (Å²) in [6.07, 6.45) is 1.23. The smallest absolute Gasteiger partial charge is 0.138 e. The average molecular weight is 237 g/mol. The summed E-state index contributed by atoms with van der Waals surface area (Å²) >= 11 is 9.01. The number of rotatable bonds is 5. The lowest BCUT2D eigenvalue weighted by atomic mass is 10.2. The second kappa shape index (κ2) is 5.83. The van der Waals surface area contributed by atoms with E-state index in [1.165, 1.54) is 23.7 Å². The molecule has 1 atom stereocenters. The average Bonchev–Trinajstić information content (AvgIpc) is 2.52. The summed E-state index contributed by atoms with van der Waals surface area (Å²) in [6, 6.07) is 0. The van der Waals surface area contributed by atoms with Crippen LogP contribution in [0, 0.1) is 5.92 Å². The fourth-order valence-corrected chi connectivity index (χ4v) is 2.71. The third-order valence-electron chi connectivity index (χ3n) is 1.85. The van der Waals surface area contributed by atoms with Crippen molar-refractivity contribution >= 4 is 34.9 Å². The third kappa shape index (κ3) is 3.83. The van der Waals surface area contributed by atoms with Gasteiger partial charge in [-0.05, 0) is 11.7 Å². The minimum absolute atomic E-state index is 0.733. The molecule has 5 heteroatoms. The fourth-order valence-electron chi connectivity index (χ4n) is 0.758. The van der Waals surface area contributed by atoms with Crippen LogP contribution < -0.4 is 0 Å². The summed E-state index contributed by atoms with van der Waals surface area (Å²) in [6.45, 7) is 4.47. The summed E-state index contributed by atoms with van der Waals surface area (Å²) in [5.41, 5.74) is 0.931. The van der Waals surface area contributed by atoms with Crippen LogP contribution in [-0.4, -0.2) is 15.3 Å². The summed E-state index contributed by atoms with van der Waals surface area (Å²) in [5, 5.41) is 3.95. The maximum atomic E-state index is 5.87. The van der Waals surface area contributed by atoms with Gasteiger partial charge in [-0.1, -0.05) is 36.4 Å². The number of aromatic nitrogens is 2. The van der Waals surface area contributed by atoms with Crippen molar-refractivity contribution in [2.45, 2.75) is 26.0 Å². The Bertz CT molecular complexity index is 252. The molecule has 1 aromatic heterocycles. The number of hydrogen-bond acceptors (Lipinski definition) is 4. The van der Waals surface area contributed by atoms with Crippen molar-refractivity contribution in [3.05, 3.63) is 10.0 Å². The zero-order valence-electron chi connectivity index (χ0n) is 7.79. The Hall–Kier alpha value is 0.200. The van der Waals surface area contributed by atoms with Crippen LogP contribution in [-0.2, 0) is 5.75 Å². The molecule has 0 bridgehead atoms. The molecule has 0 amide bonds. The molecule has 1 rings (SSSR count). The zero-order valence-corrected chi connectivity index (χ0v) is 10.2. The highest BCUT2D eigenvalue weighted by Crippen LogP contribution is 2.23. The largest absolute Gasteiger partial charge is 0.155 e. The summed E-state index contributed by atoms with van der Waals surface area (Å²) in [5.74, 6) is 2.83. The van der Waals surface area contributed by atoms with Gasteiger partial charge < -0.3 is 0 Å². The van der Waals surface area contributed by atoms with Gasteiger partial charge in [-0.3, -0.25) is 0 Å². The summed E-state index contributed by atoms with van der Waals surface area (Å²) < 4.78 is 4.52. The van der Waals surface area contributed by atoms with Gasteiger partial charge in [0.25, 0.3) is 0 Å². The fraction of sp³-hybridized carbons (Fsp3) is 0.750. The predicted molar refractivity (Wildman–Crippen MR) is 60.5 cm³/mol. The van der Waals surface area contributed by atoms with Crippen molar-refractivity contribution in [2.75, 3.05) is 5.75 Å². The van der Waals surface area contributed by atoms with Crippen molar-refractivity contribution in [1.29, 1.82) is 0 Å². The first kappa shape index (κ1) is 11.3. The molecule has 0 aromatic carbocycles. The second-order valence-corrected chi connectivity index (χ2v) is 5.41. The quantitative estimate of drug-likeness (QED) is 0.783. The highest BCUT2D eigenvalue weighted by Gasteiger charge is 2.06. The minimum Gasteiger partial charge on any atom is -0.155 e. The lowest BCUT2D eigenvalue weighted by molar-refractivity contribution is 0.637. The van der Waals surface area contributed by atoms with E-state index < -0.39 is 0 Å². The van der Waals surface area contributed by atoms with E-state index in [9.17, 15) is 0 Å². The van der Waals surface area contributed by atoms with Crippen LogP contribution in [0.4, 0.5) is 0 Å². The number of hydrogen-bond donors (Lipinski definition) is 0. The Morgan fingerprint density at radius 2 is 2.38 bits per heavy atom. The molecule has 2 nitrogen and oxygen atoms in total. The number of halogens is 1. The molecule has 0 saturated heterocycles. The molecule has 0 aliphatic carbocycles. The predicted octanol–water partition coefficient (Wildman–Crippen LogP) is 3.47. The lowest BCUT2D eigenvalue weighted by Crippen LogP contribution is -1.96. The molecular weight excluding hydrogens is 224 g/mol. The molecule has 0 aliphatic heterocycles. The van der Waals surface area contributed by atoms with Crippen molar-refractivity contribution in [2.24, 2.45) is 5.92 Å². The molecule has 0 fully saturated rings. The Labute approximate surface area is 92.2 Å². The maximum absolute atomic E-state index is 5.87. The second-order valence-electron chi connectivity index (χ2n) is 3.02. The molecule has 1 heterocycles. The standard InChI is InChI=1S/C8H13ClN2S2/c1-3-6(2)4-12-5-7-8(9)13-11-10-7/h6H,3-5H2,1-2H3. The molecule has 1 unspecified atom stereocenters. The van der Waals surface area contributed by atoms with Crippen LogP contribution in [0.25, 0.3) is 0 Å². The van der Waals surface area contributed by atoms with Crippen LogP contribution in [0.3, 0.4) is 0 Å². The molecule has 74 valence electrons. The van der Waals surface area contributed by atoms with Crippen molar-refractivity contribution < 1.29 is 0 Å². The van der Waals surface area contributed by atoms with E-state index in [1.54, 1.807) is 0 Å². The van der Waals surface area contributed by atoms with E-state index in [0.29, 0.717) is 0 Å². The minimum atomic E-state index is 0.733. The molecular formula is C8H13ClN2S2. The van der Waals surface area contributed by atoms with Crippen LogP contribution in [0.5, 0.6) is 0 Å². The van der Waals surface area contributed by atoms with E-state index in [0.717, 1.165) is 21.7 Å².